The van der Waals surface area contributed by atoms with Crippen LogP contribution in [0.25, 0.3) is 44.5 Å². The Balaban J connectivity index is 0.907. The van der Waals surface area contributed by atoms with Crippen LogP contribution < -0.4 is 4.90 Å². The van der Waals surface area contributed by atoms with Crippen molar-refractivity contribution in [2.45, 2.75) is 16.2 Å². The Hall–Kier alpha value is -10.3. The molecule has 0 amide bonds. The molecule has 0 saturated carbocycles. The summed E-state index contributed by atoms with van der Waals surface area (Å²) in [6, 6.07) is 125. The van der Waals surface area contributed by atoms with Gasteiger partial charge in [-0.2, -0.15) is 0 Å². The second-order valence-electron chi connectivity index (χ2n) is 22.2. The van der Waals surface area contributed by atoms with Crippen molar-refractivity contribution in [3.8, 4) is 44.5 Å². The Morgan fingerprint density at radius 1 is 0.171 bits per heavy atom. The van der Waals surface area contributed by atoms with Crippen LogP contribution in [0.5, 0.6) is 0 Å². The fourth-order valence-electron chi connectivity index (χ4n) is 15.0. The van der Waals surface area contributed by atoms with Gasteiger partial charge in [0.15, 0.2) is 0 Å². The van der Waals surface area contributed by atoms with Gasteiger partial charge < -0.3 is 4.90 Å². The summed E-state index contributed by atoms with van der Waals surface area (Å²) >= 11 is 0. The van der Waals surface area contributed by atoms with Gasteiger partial charge in [-0.05, 0) is 154 Å². The molecular formula is C81H55N. The number of fused-ring (bicyclic) bond motifs is 9. The van der Waals surface area contributed by atoms with Gasteiger partial charge in [-0.25, -0.2) is 0 Å². The zero-order chi connectivity index (χ0) is 54.2. The van der Waals surface area contributed by atoms with Crippen molar-refractivity contribution in [1.29, 1.82) is 0 Å². The molecule has 13 aromatic carbocycles. The largest absolute Gasteiger partial charge is 0.310 e. The molecule has 0 bridgehead atoms. The monoisotopic (exact) mass is 1040 g/mol. The quantitative estimate of drug-likeness (QED) is 0.132. The third kappa shape index (κ3) is 6.81. The highest BCUT2D eigenvalue weighted by atomic mass is 15.1. The molecule has 3 aliphatic carbocycles. The molecule has 0 unspecified atom stereocenters. The lowest BCUT2D eigenvalue weighted by Crippen LogP contribution is -2.29. The van der Waals surface area contributed by atoms with Crippen molar-refractivity contribution in [2.24, 2.45) is 0 Å². The van der Waals surface area contributed by atoms with Crippen LogP contribution in [0.1, 0.15) is 66.8 Å². The van der Waals surface area contributed by atoms with Crippen molar-refractivity contribution < 1.29 is 0 Å². The molecule has 0 N–H and O–H groups in total. The Labute approximate surface area is 480 Å². The maximum atomic E-state index is 2.50. The van der Waals surface area contributed by atoms with Gasteiger partial charge in [0.2, 0.25) is 0 Å². The number of hydrogen-bond donors (Lipinski definition) is 0. The standard InChI is InChI=1S/C81H55N/c1-7-25-58(26-8-1)79(59-27-9-2-10-28-59)75-42-24-21-39-69(75)72-54-65(49-52-76(72)79)82(66-48-51-71-68-38-20-23-41-74(68)81(78(71)55-66,62-33-15-5-16-34-62)63-35-17-6-18-36-63)64-46-43-56(44-47-64)57-45-50-70-67-37-19-22-40-73(67)80(77(70)53-57,60-29-11-3-12-30-60)61-31-13-4-14-32-61/h1-55H. The van der Waals surface area contributed by atoms with Crippen molar-refractivity contribution in [3.63, 3.8) is 0 Å². The van der Waals surface area contributed by atoms with Crippen LogP contribution in [0.3, 0.4) is 0 Å². The Morgan fingerprint density at radius 3 is 0.878 bits per heavy atom. The SMILES string of the molecule is c1ccc(C2(c3ccccc3)c3ccccc3-c3cc(N(c4ccc(-c5ccc6c(c5)C(c5ccccc5)(c5ccccc5)c5ccccc5-6)cc4)c4ccc5c(c4)C(c4ccccc4)(c4ccccc4)c4ccccc4-5)ccc32)cc1. The molecule has 0 heterocycles. The van der Waals surface area contributed by atoms with Gasteiger partial charge in [-0.1, -0.05) is 291 Å². The maximum Gasteiger partial charge on any atom is 0.0714 e. The number of benzene rings is 13. The zero-order valence-electron chi connectivity index (χ0n) is 45.2. The van der Waals surface area contributed by atoms with Crippen LogP contribution in [0.4, 0.5) is 17.1 Å². The van der Waals surface area contributed by atoms with Gasteiger partial charge in [-0.15, -0.1) is 0 Å². The molecule has 1 heteroatoms. The van der Waals surface area contributed by atoms with E-state index in [1.54, 1.807) is 0 Å². The molecule has 0 radical (unpaired) electrons. The second-order valence-corrected chi connectivity index (χ2v) is 22.2. The van der Waals surface area contributed by atoms with Crippen LogP contribution in [0.15, 0.2) is 334 Å². The highest BCUT2D eigenvalue weighted by Gasteiger charge is 2.49. The van der Waals surface area contributed by atoms with Crippen LogP contribution in [0.2, 0.25) is 0 Å². The van der Waals surface area contributed by atoms with E-state index in [0.29, 0.717) is 0 Å². The van der Waals surface area contributed by atoms with Crippen molar-refractivity contribution >= 4 is 17.1 Å². The summed E-state index contributed by atoms with van der Waals surface area (Å²) in [4.78, 5) is 2.50. The summed E-state index contributed by atoms with van der Waals surface area (Å²) in [5.41, 5.74) is 26.8. The predicted octanol–water partition coefficient (Wildman–Crippen LogP) is 19.9. The Bertz CT molecular complexity index is 4410. The molecule has 13 aromatic rings. The molecule has 0 aliphatic heterocycles. The first-order valence-electron chi connectivity index (χ1n) is 28.7. The van der Waals surface area contributed by atoms with E-state index in [0.717, 1.165) is 22.6 Å². The van der Waals surface area contributed by atoms with E-state index in [2.05, 4.69) is 339 Å². The lowest BCUT2D eigenvalue weighted by atomic mass is 9.67. The van der Waals surface area contributed by atoms with Gasteiger partial charge in [0.05, 0.1) is 16.2 Å². The molecule has 1 nitrogen and oxygen atoms in total. The molecule has 82 heavy (non-hydrogen) atoms. The van der Waals surface area contributed by atoms with Gasteiger partial charge in [0.1, 0.15) is 0 Å². The minimum Gasteiger partial charge on any atom is -0.310 e. The summed E-state index contributed by atoms with van der Waals surface area (Å²) in [6.07, 6.45) is 0. The fourth-order valence-corrected chi connectivity index (χ4v) is 15.0. The molecule has 3 aliphatic rings. The second kappa shape index (κ2) is 18.9. The first-order valence-corrected chi connectivity index (χ1v) is 28.7. The summed E-state index contributed by atoms with van der Waals surface area (Å²) in [6.45, 7) is 0. The Kier molecular flexibility index (Phi) is 11.0. The third-order valence-electron chi connectivity index (χ3n) is 18.3. The topological polar surface area (TPSA) is 3.24 Å². The Morgan fingerprint density at radius 2 is 0.451 bits per heavy atom. The number of anilines is 3. The van der Waals surface area contributed by atoms with E-state index in [9.17, 15) is 0 Å². The van der Waals surface area contributed by atoms with Crippen LogP contribution in [0, 0.1) is 0 Å². The molecule has 384 valence electrons. The number of hydrogen-bond acceptors (Lipinski definition) is 1. The molecule has 0 saturated heterocycles. The van der Waals surface area contributed by atoms with Gasteiger partial charge in [0, 0.05) is 17.1 Å². The first-order chi connectivity index (χ1) is 40.7. The lowest BCUT2D eigenvalue weighted by molar-refractivity contribution is 0.768. The molecular weight excluding hydrogens is 987 g/mol. The summed E-state index contributed by atoms with van der Waals surface area (Å²) in [7, 11) is 0. The van der Waals surface area contributed by atoms with Gasteiger partial charge in [0.25, 0.3) is 0 Å². The van der Waals surface area contributed by atoms with Gasteiger partial charge >= 0.3 is 0 Å². The summed E-state index contributed by atoms with van der Waals surface area (Å²) in [5.74, 6) is 0. The average Bonchev–Trinajstić information content (AvgIpc) is 2.36. The molecule has 0 aromatic heterocycles. The number of rotatable bonds is 10. The van der Waals surface area contributed by atoms with Crippen LogP contribution in [-0.2, 0) is 16.2 Å². The highest BCUT2D eigenvalue weighted by Crippen LogP contribution is 2.61. The van der Waals surface area contributed by atoms with Crippen LogP contribution in [-0.4, -0.2) is 0 Å². The smallest absolute Gasteiger partial charge is 0.0714 e. The first kappa shape index (κ1) is 47.6. The van der Waals surface area contributed by atoms with Crippen molar-refractivity contribution in [1.82, 2.24) is 0 Å². The summed E-state index contributed by atoms with van der Waals surface area (Å²) < 4.78 is 0. The van der Waals surface area contributed by atoms with E-state index in [-0.39, 0.29) is 0 Å². The van der Waals surface area contributed by atoms with Crippen molar-refractivity contribution in [2.75, 3.05) is 4.90 Å². The lowest BCUT2D eigenvalue weighted by Gasteiger charge is -2.35. The number of nitrogens with zero attached hydrogens (tertiary/aromatic N) is 1. The minimum atomic E-state index is -0.566. The molecule has 0 fully saturated rings. The van der Waals surface area contributed by atoms with Crippen molar-refractivity contribution in [3.05, 3.63) is 400 Å². The maximum absolute atomic E-state index is 2.50. The minimum absolute atomic E-state index is 0.492. The normalized spacial score (nSPS) is 14.1. The zero-order valence-corrected chi connectivity index (χ0v) is 45.2. The molecule has 0 atom stereocenters. The molecule has 16 rings (SSSR count). The van der Waals surface area contributed by atoms with Crippen LogP contribution >= 0.6 is 0 Å². The van der Waals surface area contributed by atoms with E-state index < -0.39 is 16.2 Å². The van der Waals surface area contributed by atoms with E-state index in [1.807, 2.05) is 0 Å². The predicted molar refractivity (Wildman–Crippen MR) is 338 cm³/mol. The fraction of sp³-hybridized carbons (Fsp3) is 0.0370. The van der Waals surface area contributed by atoms with E-state index in [4.69, 9.17) is 0 Å². The average molecular weight is 1040 g/mol. The molecule has 0 spiro atoms. The third-order valence-corrected chi connectivity index (χ3v) is 18.3. The highest BCUT2D eigenvalue weighted by molar-refractivity contribution is 5.94. The van der Waals surface area contributed by atoms with E-state index >= 15 is 0 Å². The van der Waals surface area contributed by atoms with Gasteiger partial charge in [-0.3, -0.25) is 0 Å². The summed E-state index contributed by atoms with van der Waals surface area (Å²) in [5, 5.41) is 0. The van der Waals surface area contributed by atoms with E-state index in [1.165, 1.54) is 106 Å².